The van der Waals surface area contributed by atoms with Crippen molar-refractivity contribution in [1.82, 2.24) is 5.32 Å². The van der Waals surface area contributed by atoms with Crippen LogP contribution in [0.5, 0.6) is 0 Å². The van der Waals surface area contributed by atoms with Gasteiger partial charge in [0.05, 0.1) is 16.9 Å². The fourth-order valence-electron chi connectivity index (χ4n) is 2.57. The van der Waals surface area contributed by atoms with Gasteiger partial charge in [-0.05, 0) is 43.4 Å². The molecule has 0 bridgehead atoms. The summed E-state index contributed by atoms with van der Waals surface area (Å²) in [5.41, 5.74) is -0.642. The molecule has 0 spiro atoms. The molecule has 0 radical (unpaired) electrons. The van der Waals surface area contributed by atoms with Crippen LogP contribution < -0.4 is 10.6 Å². The van der Waals surface area contributed by atoms with E-state index in [1.165, 1.54) is 12.1 Å². The molecule has 1 fully saturated rings. The number of rotatable bonds is 7. The van der Waals surface area contributed by atoms with Crippen LogP contribution in [0.3, 0.4) is 0 Å². The predicted octanol–water partition coefficient (Wildman–Crippen LogP) is 2.70. The molecule has 6 heteroatoms. The lowest BCUT2D eigenvalue weighted by atomic mass is 9.97. The molecule has 5 nitrogen and oxygen atoms in total. The van der Waals surface area contributed by atoms with Crippen LogP contribution in [-0.2, 0) is 4.79 Å². The van der Waals surface area contributed by atoms with Crippen molar-refractivity contribution in [2.75, 3.05) is 11.9 Å². The first-order valence-electron chi connectivity index (χ1n) is 8.40. The van der Waals surface area contributed by atoms with Gasteiger partial charge in [-0.25, -0.2) is 4.39 Å². The lowest BCUT2D eigenvalue weighted by Gasteiger charge is -2.25. The summed E-state index contributed by atoms with van der Waals surface area (Å²) >= 11 is 0. The van der Waals surface area contributed by atoms with Crippen LogP contribution in [-0.4, -0.2) is 29.1 Å². The Hall–Kier alpha value is -1.95. The van der Waals surface area contributed by atoms with Gasteiger partial charge in [0.2, 0.25) is 5.91 Å². The highest BCUT2D eigenvalue weighted by Crippen LogP contribution is 2.38. The van der Waals surface area contributed by atoms with E-state index in [0.717, 1.165) is 12.5 Å². The smallest absolute Gasteiger partial charge is 0.253 e. The van der Waals surface area contributed by atoms with Gasteiger partial charge in [0.25, 0.3) is 5.91 Å². The number of hydrogen-bond donors (Lipinski definition) is 3. The number of aliphatic hydroxyl groups is 1. The van der Waals surface area contributed by atoms with Crippen LogP contribution >= 0.6 is 0 Å². The van der Waals surface area contributed by atoms with Gasteiger partial charge in [-0.15, -0.1) is 0 Å². The molecule has 2 rings (SSSR count). The first-order valence-corrected chi connectivity index (χ1v) is 8.40. The zero-order chi connectivity index (χ0) is 17.9. The van der Waals surface area contributed by atoms with Gasteiger partial charge in [-0.3, -0.25) is 9.59 Å². The van der Waals surface area contributed by atoms with Gasteiger partial charge in [0, 0.05) is 12.5 Å². The number of halogens is 1. The van der Waals surface area contributed by atoms with E-state index in [9.17, 15) is 19.1 Å². The van der Waals surface area contributed by atoms with Crippen molar-refractivity contribution < 1.29 is 19.1 Å². The summed E-state index contributed by atoms with van der Waals surface area (Å²) in [7, 11) is 0. The van der Waals surface area contributed by atoms with Gasteiger partial charge in [0.1, 0.15) is 5.82 Å². The van der Waals surface area contributed by atoms with Crippen molar-refractivity contribution in [2.45, 2.75) is 45.6 Å². The predicted molar refractivity (Wildman–Crippen MR) is 90.2 cm³/mol. The minimum Gasteiger partial charge on any atom is -0.388 e. The van der Waals surface area contributed by atoms with E-state index >= 15 is 0 Å². The fourth-order valence-corrected chi connectivity index (χ4v) is 2.57. The molecule has 1 aromatic carbocycles. The number of benzene rings is 1. The highest BCUT2D eigenvalue weighted by atomic mass is 19.1. The first kappa shape index (κ1) is 18.4. The number of amides is 2. The highest BCUT2D eigenvalue weighted by molar-refractivity contribution is 6.04. The largest absolute Gasteiger partial charge is 0.388 e. The average Bonchev–Trinajstić information content (AvgIpc) is 3.31. The number of anilines is 1. The third kappa shape index (κ3) is 4.32. The Balaban J connectivity index is 2.11. The molecular formula is C18H25FN2O3. The van der Waals surface area contributed by atoms with Crippen molar-refractivity contribution in [3.63, 3.8) is 0 Å². The molecule has 1 aliphatic carbocycles. The molecule has 0 heterocycles. The molecule has 0 saturated heterocycles. The van der Waals surface area contributed by atoms with Gasteiger partial charge in [-0.1, -0.05) is 20.8 Å². The maximum absolute atomic E-state index is 13.5. The summed E-state index contributed by atoms with van der Waals surface area (Å²) in [5.74, 6) is -0.932. The molecule has 2 atom stereocenters. The molecule has 1 aliphatic rings. The maximum atomic E-state index is 13.5. The van der Waals surface area contributed by atoms with Crippen LogP contribution in [0.25, 0.3) is 0 Å². The van der Waals surface area contributed by atoms with Crippen LogP contribution in [0.15, 0.2) is 18.2 Å². The Morgan fingerprint density at radius 3 is 2.50 bits per heavy atom. The van der Waals surface area contributed by atoms with Crippen molar-refractivity contribution in [2.24, 2.45) is 11.8 Å². The van der Waals surface area contributed by atoms with Crippen molar-refractivity contribution in [1.29, 1.82) is 0 Å². The van der Waals surface area contributed by atoms with Gasteiger partial charge < -0.3 is 15.7 Å². The number of hydrogen-bond acceptors (Lipinski definition) is 3. The van der Waals surface area contributed by atoms with E-state index in [2.05, 4.69) is 10.6 Å². The third-order valence-electron chi connectivity index (χ3n) is 4.82. The van der Waals surface area contributed by atoms with Crippen LogP contribution in [0.1, 0.15) is 50.4 Å². The molecule has 1 saturated carbocycles. The molecule has 2 unspecified atom stereocenters. The Labute approximate surface area is 141 Å². The SMILES string of the molecule is CCC(O)(CC)CNC(=O)c1cc(F)ccc1NC(=O)C1CC1C. The monoisotopic (exact) mass is 336 g/mol. The molecule has 24 heavy (non-hydrogen) atoms. The second-order valence-corrected chi connectivity index (χ2v) is 6.61. The van der Waals surface area contributed by atoms with E-state index < -0.39 is 17.3 Å². The summed E-state index contributed by atoms with van der Waals surface area (Å²) in [6.07, 6.45) is 1.82. The van der Waals surface area contributed by atoms with E-state index in [0.29, 0.717) is 18.8 Å². The minimum atomic E-state index is -0.990. The molecule has 0 aromatic heterocycles. The van der Waals surface area contributed by atoms with E-state index in [-0.39, 0.29) is 29.6 Å². The Morgan fingerprint density at radius 1 is 1.33 bits per heavy atom. The van der Waals surface area contributed by atoms with Gasteiger partial charge in [0.15, 0.2) is 0 Å². The zero-order valence-corrected chi connectivity index (χ0v) is 14.4. The van der Waals surface area contributed by atoms with E-state index in [1.54, 1.807) is 0 Å². The van der Waals surface area contributed by atoms with Crippen molar-refractivity contribution >= 4 is 17.5 Å². The summed E-state index contributed by atoms with van der Waals surface area (Å²) in [5, 5.41) is 15.6. The maximum Gasteiger partial charge on any atom is 0.253 e. The van der Waals surface area contributed by atoms with Crippen molar-refractivity contribution in [3.05, 3.63) is 29.6 Å². The summed E-state index contributed by atoms with van der Waals surface area (Å²) in [6, 6.07) is 3.69. The van der Waals surface area contributed by atoms with Gasteiger partial charge >= 0.3 is 0 Å². The van der Waals surface area contributed by atoms with Crippen LogP contribution in [0.2, 0.25) is 0 Å². The molecule has 3 N–H and O–H groups in total. The summed E-state index contributed by atoms with van der Waals surface area (Å²) < 4.78 is 13.5. The number of nitrogens with one attached hydrogen (secondary N) is 2. The molecular weight excluding hydrogens is 311 g/mol. The van der Waals surface area contributed by atoms with E-state index in [1.807, 2.05) is 20.8 Å². The Morgan fingerprint density at radius 2 is 1.96 bits per heavy atom. The minimum absolute atomic E-state index is 0.0451. The van der Waals surface area contributed by atoms with Crippen LogP contribution in [0, 0.1) is 17.7 Å². The number of carbonyl (C=O) groups is 2. The fraction of sp³-hybridized carbons (Fsp3) is 0.556. The average molecular weight is 336 g/mol. The molecule has 0 aliphatic heterocycles. The second-order valence-electron chi connectivity index (χ2n) is 6.61. The first-order chi connectivity index (χ1) is 11.3. The standard InChI is InChI=1S/C18H25FN2O3/c1-4-18(24,5-2)10-20-16(22)14-9-12(19)6-7-15(14)21-17(23)13-8-11(13)3/h6-7,9,11,13,24H,4-5,8,10H2,1-3H3,(H,20,22)(H,21,23). The van der Waals surface area contributed by atoms with Crippen LogP contribution in [0.4, 0.5) is 10.1 Å². The Bertz CT molecular complexity index is 629. The van der Waals surface area contributed by atoms with Gasteiger partial charge in [-0.2, -0.15) is 0 Å². The zero-order valence-electron chi connectivity index (χ0n) is 14.4. The van der Waals surface area contributed by atoms with Crippen molar-refractivity contribution in [3.8, 4) is 0 Å². The second kappa shape index (κ2) is 7.30. The lowest BCUT2D eigenvalue weighted by Crippen LogP contribution is -2.42. The molecule has 1 aromatic rings. The normalized spacial score (nSPS) is 19.7. The molecule has 2 amide bonds. The highest BCUT2D eigenvalue weighted by Gasteiger charge is 2.39. The topological polar surface area (TPSA) is 78.4 Å². The lowest BCUT2D eigenvalue weighted by molar-refractivity contribution is -0.117. The van der Waals surface area contributed by atoms with E-state index in [4.69, 9.17) is 0 Å². The summed E-state index contributed by atoms with van der Waals surface area (Å²) in [6.45, 7) is 5.72. The molecule has 132 valence electrons. The quantitative estimate of drug-likeness (QED) is 0.716. The number of carbonyl (C=O) groups excluding carboxylic acids is 2. The third-order valence-corrected chi connectivity index (χ3v) is 4.82. The Kier molecular flexibility index (Phi) is 5.59. The summed E-state index contributed by atoms with van der Waals surface area (Å²) in [4.78, 5) is 24.5.